The summed E-state index contributed by atoms with van der Waals surface area (Å²) in [4.78, 5) is 0. The highest BCUT2D eigenvalue weighted by atomic mass is 15.0. The van der Waals surface area contributed by atoms with Crippen LogP contribution in [0.4, 0.5) is 0 Å². The predicted octanol–water partition coefficient (Wildman–Crippen LogP) is 19.2. The van der Waals surface area contributed by atoms with Crippen molar-refractivity contribution in [2.45, 2.75) is 0 Å². The Labute approximate surface area is 416 Å². The second-order valence-electron chi connectivity index (χ2n) is 19.2. The second kappa shape index (κ2) is 16.0. The molecule has 2 nitrogen and oxygen atoms in total. The molecule has 0 aliphatic rings. The number of hydrogen-bond donors (Lipinski definition) is 0. The Bertz CT molecular complexity index is 4650. The van der Waals surface area contributed by atoms with E-state index in [0.29, 0.717) is 0 Å². The van der Waals surface area contributed by atoms with Crippen molar-refractivity contribution >= 4 is 86.7 Å². The van der Waals surface area contributed by atoms with Crippen molar-refractivity contribution in [1.82, 2.24) is 9.13 Å². The quantitative estimate of drug-likeness (QED) is 0.147. The van der Waals surface area contributed by atoms with Gasteiger partial charge in [-0.2, -0.15) is 0 Å². The summed E-state index contributed by atoms with van der Waals surface area (Å²) in [5.74, 6) is 0. The summed E-state index contributed by atoms with van der Waals surface area (Å²) in [6.45, 7) is 0. The van der Waals surface area contributed by atoms with E-state index in [2.05, 4.69) is 276 Å². The fourth-order valence-corrected chi connectivity index (χ4v) is 12.0. The van der Waals surface area contributed by atoms with Crippen molar-refractivity contribution in [2.75, 3.05) is 0 Å². The summed E-state index contributed by atoms with van der Waals surface area (Å²) >= 11 is 0. The van der Waals surface area contributed by atoms with E-state index in [1.54, 1.807) is 0 Å². The lowest BCUT2D eigenvalue weighted by Crippen LogP contribution is -1.95. The number of aromatic nitrogens is 2. The van der Waals surface area contributed by atoms with E-state index in [9.17, 15) is 0 Å². The molecular weight excluding hydrogens is 869 g/mol. The van der Waals surface area contributed by atoms with Gasteiger partial charge in [0.05, 0.1) is 22.1 Å². The van der Waals surface area contributed by atoms with Crippen molar-refractivity contribution < 1.29 is 0 Å². The van der Waals surface area contributed by atoms with Crippen LogP contribution in [0.2, 0.25) is 0 Å². The van der Waals surface area contributed by atoms with Crippen LogP contribution in [0.1, 0.15) is 0 Å². The highest BCUT2D eigenvalue weighted by molar-refractivity contribution is 6.33. The summed E-state index contributed by atoms with van der Waals surface area (Å²) in [6.07, 6.45) is 0. The minimum Gasteiger partial charge on any atom is -0.309 e. The van der Waals surface area contributed by atoms with E-state index >= 15 is 0 Å². The van der Waals surface area contributed by atoms with Gasteiger partial charge < -0.3 is 9.13 Å². The Hall–Kier alpha value is -9.50. The van der Waals surface area contributed by atoms with Gasteiger partial charge in [-0.25, -0.2) is 0 Å². The van der Waals surface area contributed by atoms with E-state index in [1.807, 2.05) is 0 Å². The van der Waals surface area contributed by atoms with Crippen molar-refractivity contribution in [3.63, 3.8) is 0 Å². The van der Waals surface area contributed by atoms with E-state index in [4.69, 9.17) is 0 Å². The van der Waals surface area contributed by atoms with Gasteiger partial charge in [-0.3, -0.25) is 0 Å². The summed E-state index contributed by atoms with van der Waals surface area (Å²) in [6, 6.07) is 98.5. The minimum atomic E-state index is 1.14. The molecule has 0 bridgehead atoms. The first kappa shape index (κ1) is 40.4. The Morgan fingerprint density at radius 2 is 0.569 bits per heavy atom. The monoisotopic (exact) mass is 912 g/mol. The molecule has 0 radical (unpaired) electrons. The molecule has 0 aliphatic heterocycles. The first-order valence-electron chi connectivity index (χ1n) is 24.9. The Morgan fingerprint density at radius 3 is 1.15 bits per heavy atom. The molecule has 15 aromatic rings. The van der Waals surface area contributed by atoms with E-state index in [-0.39, 0.29) is 0 Å². The lowest BCUT2D eigenvalue weighted by Gasteiger charge is -2.17. The lowest BCUT2D eigenvalue weighted by molar-refractivity contribution is 1.18. The summed E-state index contributed by atoms with van der Waals surface area (Å²) < 4.78 is 4.86. The maximum Gasteiger partial charge on any atom is 0.0541 e. The topological polar surface area (TPSA) is 9.86 Å². The molecule has 72 heavy (non-hydrogen) atoms. The third-order valence-electron chi connectivity index (χ3n) is 15.3. The van der Waals surface area contributed by atoms with Gasteiger partial charge in [0.25, 0.3) is 0 Å². The molecule has 0 N–H and O–H groups in total. The highest BCUT2D eigenvalue weighted by Gasteiger charge is 2.19. The molecule has 0 saturated heterocycles. The van der Waals surface area contributed by atoms with Crippen molar-refractivity contribution in [3.8, 4) is 55.9 Å². The Balaban J connectivity index is 0.824. The van der Waals surface area contributed by atoms with Crippen LogP contribution >= 0.6 is 0 Å². The molecule has 13 aromatic carbocycles. The lowest BCUT2D eigenvalue weighted by atomic mass is 9.87. The molecule has 0 atom stereocenters. The van der Waals surface area contributed by atoms with Crippen LogP contribution in [0.3, 0.4) is 0 Å². The molecule has 0 saturated carbocycles. The zero-order valence-electron chi connectivity index (χ0n) is 39.3. The van der Waals surface area contributed by atoms with E-state index in [0.717, 1.165) is 11.4 Å². The molecule has 334 valence electrons. The molecular formula is C70H44N2. The normalized spacial score (nSPS) is 11.9. The van der Waals surface area contributed by atoms with Crippen molar-refractivity contribution in [3.05, 3.63) is 267 Å². The zero-order chi connectivity index (χ0) is 47.3. The Kier molecular flexibility index (Phi) is 8.99. The molecule has 0 fully saturated rings. The van der Waals surface area contributed by atoms with Crippen LogP contribution in [0.5, 0.6) is 0 Å². The van der Waals surface area contributed by atoms with Gasteiger partial charge >= 0.3 is 0 Å². The molecule has 0 amide bonds. The van der Waals surface area contributed by atoms with E-state index < -0.39 is 0 Å². The number of para-hydroxylation sites is 2. The van der Waals surface area contributed by atoms with Crippen LogP contribution in [0.25, 0.3) is 143 Å². The van der Waals surface area contributed by atoms with Crippen molar-refractivity contribution in [1.29, 1.82) is 0 Å². The van der Waals surface area contributed by atoms with Gasteiger partial charge in [0.15, 0.2) is 0 Å². The fraction of sp³-hybridized carbons (Fsp3) is 0. The summed E-state index contributed by atoms with van der Waals surface area (Å²) in [7, 11) is 0. The van der Waals surface area contributed by atoms with Crippen LogP contribution < -0.4 is 0 Å². The molecule has 2 heterocycles. The second-order valence-corrected chi connectivity index (χ2v) is 19.2. The van der Waals surface area contributed by atoms with Crippen LogP contribution in [0, 0.1) is 0 Å². The largest absolute Gasteiger partial charge is 0.309 e. The number of hydrogen-bond acceptors (Lipinski definition) is 0. The number of fused-ring (bicyclic) bond motifs is 14. The third kappa shape index (κ3) is 6.22. The first-order valence-corrected chi connectivity index (χ1v) is 24.9. The predicted molar refractivity (Wildman–Crippen MR) is 307 cm³/mol. The SMILES string of the molecule is c1ccc(-c2ccc(-c3ccc(-n4c5ccccc5c5cc(-c6ccc7c(c6)c6ccccc6n7-c6cccc(-c7cc8c9ccccc9c9ccccc9c8c8ccccc78)c6)ccc54)cc3)cc2)cc1. The zero-order valence-corrected chi connectivity index (χ0v) is 39.3. The maximum absolute atomic E-state index is 2.45. The molecule has 15 rings (SSSR count). The van der Waals surface area contributed by atoms with Gasteiger partial charge in [0.2, 0.25) is 0 Å². The van der Waals surface area contributed by atoms with Gasteiger partial charge in [-0.15, -0.1) is 0 Å². The third-order valence-corrected chi connectivity index (χ3v) is 15.3. The summed E-state index contributed by atoms with van der Waals surface area (Å²) in [5, 5.41) is 15.3. The molecule has 0 spiro atoms. The van der Waals surface area contributed by atoms with Crippen LogP contribution in [-0.2, 0) is 0 Å². The fourth-order valence-electron chi connectivity index (χ4n) is 12.0. The maximum atomic E-state index is 2.45. The molecule has 0 unspecified atom stereocenters. The summed E-state index contributed by atoms with van der Waals surface area (Å²) in [5.41, 5.74) is 16.8. The van der Waals surface area contributed by atoms with Gasteiger partial charge in [-0.05, 0) is 154 Å². The smallest absolute Gasteiger partial charge is 0.0541 e. The Morgan fingerprint density at radius 1 is 0.181 bits per heavy atom. The average Bonchev–Trinajstić information content (AvgIpc) is 3.97. The standard InChI is InChI=1S/C70H44N2/c1-2-15-45(16-3-1)46-29-31-47(32-30-46)48-33-37-52(38-34-48)71-66-27-12-10-23-58(66)63-42-49(35-39-68(63)71)50-36-40-69-64(43-50)59-24-11-13-28-67(59)72(69)53-18-14-17-51(41-53)62-44-65-56-21-5-4-19-54(56)55-20-6-8-25-60(55)70(65)61-26-9-7-22-57(61)62/h1-44H. The average molecular weight is 913 g/mol. The van der Waals surface area contributed by atoms with Gasteiger partial charge in [-0.1, -0.05) is 200 Å². The number of rotatable bonds is 6. The van der Waals surface area contributed by atoms with Crippen LogP contribution in [0.15, 0.2) is 267 Å². The highest BCUT2D eigenvalue weighted by Crippen LogP contribution is 2.44. The minimum absolute atomic E-state index is 1.14. The molecule has 0 aliphatic carbocycles. The molecule has 2 aromatic heterocycles. The van der Waals surface area contributed by atoms with Gasteiger partial charge in [0.1, 0.15) is 0 Å². The van der Waals surface area contributed by atoms with Crippen molar-refractivity contribution in [2.24, 2.45) is 0 Å². The van der Waals surface area contributed by atoms with Crippen LogP contribution in [-0.4, -0.2) is 9.13 Å². The number of nitrogens with zero attached hydrogens (tertiary/aromatic N) is 2. The molecule has 2 heteroatoms. The first-order chi connectivity index (χ1) is 35.7. The van der Waals surface area contributed by atoms with E-state index in [1.165, 1.54) is 131 Å². The number of benzene rings is 13. The van der Waals surface area contributed by atoms with Gasteiger partial charge in [0, 0.05) is 32.9 Å².